The summed E-state index contributed by atoms with van der Waals surface area (Å²) in [4.78, 5) is 15.7. The number of halogens is 1. The van der Waals surface area contributed by atoms with E-state index in [2.05, 4.69) is 4.98 Å². The molecule has 0 atom stereocenters. The van der Waals surface area contributed by atoms with Gasteiger partial charge in [-0.05, 0) is 30.5 Å². The van der Waals surface area contributed by atoms with Gasteiger partial charge in [-0.2, -0.15) is 0 Å². The molecule has 0 aliphatic carbocycles. The molecule has 0 amide bonds. The van der Waals surface area contributed by atoms with Gasteiger partial charge in [0.15, 0.2) is 0 Å². The number of hydrogen-bond donors (Lipinski definition) is 1. The molecule has 3 nitrogen and oxygen atoms in total. The molecular weight excluding hydrogens is 265 g/mol. The predicted octanol–water partition coefficient (Wildman–Crippen LogP) is 3.44. The maximum absolute atomic E-state index is 13.2. The van der Waals surface area contributed by atoms with Crippen molar-refractivity contribution in [1.29, 1.82) is 0 Å². The van der Waals surface area contributed by atoms with Crippen LogP contribution in [-0.4, -0.2) is 16.1 Å². The molecule has 1 aromatic heterocycles. The van der Waals surface area contributed by atoms with E-state index in [1.54, 1.807) is 19.1 Å². The van der Waals surface area contributed by atoms with Crippen molar-refractivity contribution in [1.82, 2.24) is 4.98 Å². The third kappa shape index (κ3) is 2.98. The first-order chi connectivity index (χ1) is 9.01. The zero-order valence-corrected chi connectivity index (χ0v) is 11.6. The van der Waals surface area contributed by atoms with Crippen molar-refractivity contribution in [3.05, 3.63) is 50.7 Å². The highest BCUT2D eigenvalue weighted by molar-refractivity contribution is 7.13. The fourth-order valence-electron chi connectivity index (χ4n) is 1.87. The Hall–Kier alpha value is -1.75. The number of carbonyl (C=O) groups is 1. The van der Waals surface area contributed by atoms with Crippen molar-refractivity contribution in [2.24, 2.45) is 0 Å². The van der Waals surface area contributed by atoms with E-state index in [-0.39, 0.29) is 5.82 Å². The molecule has 5 heteroatoms. The Morgan fingerprint density at radius 2 is 2.21 bits per heavy atom. The van der Waals surface area contributed by atoms with Crippen molar-refractivity contribution in [2.45, 2.75) is 26.7 Å². The number of carboxylic acid groups (broad SMARTS) is 1. The summed E-state index contributed by atoms with van der Waals surface area (Å²) in [5, 5.41) is 9.83. The van der Waals surface area contributed by atoms with E-state index in [1.807, 2.05) is 6.92 Å². The average molecular weight is 279 g/mol. The molecule has 1 heterocycles. The Morgan fingerprint density at radius 3 is 2.74 bits per heavy atom. The molecule has 19 heavy (non-hydrogen) atoms. The van der Waals surface area contributed by atoms with Gasteiger partial charge in [0.1, 0.15) is 10.7 Å². The largest absolute Gasteiger partial charge is 0.477 e. The average Bonchev–Trinajstić information content (AvgIpc) is 2.77. The van der Waals surface area contributed by atoms with Crippen LogP contribution in [0.3, 0.4) is 0 Å². The van der Waals surface area contributed by atoms with E-state index in [4.69, 9.17) is 5.11 Å². The number of thiazole rings is 1. The van der Waals surface area contributed by atoms with Crippen LogP contribution in [-0.2, 0) is 12.8 Å². The second kappa shape index (κ2) is 5.48. The summed E-state index contributed by atoms with van der Waals surface area (Å²) >= 11 is 1.19. The summed E-state index contributed by atoms with van der Waals surface area (Å²) in [7, 11) is 0. The molecule has 0 bridgehead atoms. The maximum Gasteiger partial charge on any atom is 0.347 e. The van der Waals surface area contributed by atoms with E-state index in [1.165, 1.54) is 17.4 Å². The minimum absolute atomic E-state index is 0.233. The Kier molecular flexibility index (Phi) is 3.95. The second-order valence-corrected chi connectivity index (χ2v) is 5.39. The van der Waals surface area contributed by atoms with Crippen LogP contribution in [0.15, 0.2) is 18.2 Å². The fraction of sp³-hybridized carbons (Fsp3) is 0.286. The van der Waals surface area contributed by atoms with Crippen LogP contribution in [0.25, 0.3) is 0 Å². The van der Waals surface area contributed by atoms with Gasteiger partial charge in [0.2, 0.25) is 0 Å². The van der Waals surface area contributed by atoms with Crippen LogP contribution < -0.4 is 0 Å². The van der Waals surface area contributed by atoms with E-state index < -0.39 is 5.97 Å². The molecule has 0 fully saturated rings. The minimum atomic E-state index is -0.934. The van der Waals surface area contributed by atoms with Gasteiger partial charge < -0.3 is 5.11 Å². The summed E-state index contributed by atoms with van der Waals surface area (Å²) in [6.07, 6.45) is 1.13. The Labute approximate surface area is 114 Å². The van der Waals surface area contributed by atoms with Crippen LogP contribution in [0, 0.1) is 12.7 Å². The molecule has 0 radical (unpaired) electrons. The zero-order valence-electron chi connectivity index (χ0n) is 10.7. The van der Waals surface area contributed by atoms with Gasteiger partial charge in [-0.15, -0.1) is 11.3 Å². The lowest BCUT2D eigenvalue weighted by atomic mass is 10.1. The van der Waals surface area contributed by atoms with Crippen molar-refractivity contribution in [3.8, 4) is 0 Å². The van der Waals surface area contributed by atoms with Gasteiger partial charge >= 0.3 is 5.97 Å². The monoisotopic (exact) mass is 279 g/mol. The Bertz CT molecular complexity index is 622. The van der Waals surface area contributed by atoms with E-state index in [9.17, 15) is 9.18 Å². The third-order valence-electron chi connectivity index (χ3n) is 2.85. The first-order valence-corrected chi connectivity index (χ1v) is 6.79. The third-order valence-corrected chi connectivity index (χ3v) is 3.93. The lowest BCUT2D eigenvalue weighted by molar-refractivity contribution is 0.0701. The van der Waals surface area contributed by atoms with Crippen LogP contribution in [0.5, 0.6) is 0 Å². The number of aromatic carboxylic acids is 1. The summed E-state index contributed by atoms with van der Waals surface area (Å²) in [5.41, 5.74) is 2.14. The lowest BCUT2D eigenvalue weighted by Gasteiger charge is -2.01. The number of benzene rings is 1. The fourth-order valence-corrected chi connectivity index (χ4v) is 2.90. The van der Waals surface area contributed by atoms with Crippen molar-refractivity contribution in [3.63, 3.8) is 0 Å². The molecule has 2 aromatic rings. The Morgan fingerprint density at radius 1 is 1.47 bits per heavy atom. The van der Waals surface area contributed by atoms with Crippen molar-refractivity contribution >= 4 is 17.3 Å². The van der Waals surface area contributed by atoms with E-state index >= 15 is 0 Å². The van der Waals surface area contributed by atoms with Gasteiger partial charge in [-0.25, -0.2) is 14.2 Å². The molecule has 0 spiro atoms. The highest BCUT2D eigenvalue weighted by Gasteiger charge is 2.16. The molecule has 0 aliphatic rings. The zero-order chi connectivity index (χ0) is 14.0. The topological polar surface area (TPSA) is 50.2 Å². The predicted molar refractivity (Wildman–Crippen MR) is 72.4 cm³/mol. The van der Waals surface area contributed by atoms with Crippen LogP contribution in [0.4, 0.5) is 4.39 Å². The number of hydrogen-bond acceptors (Lipinski definition) is 3. The number of nitrogens with zero attached hydrogens (tertiary/aromatic N) is 1. The number of aryl methyl sites for hydroxylation is 2. The summed E-state index contributed by atoms with van der Waals surface area (Å²) < 4.78 is 13.2. The van der Waals surface area contributed by atoms with Gasteiger partial charge in [-0.1, -0.05) is 19.1 Å². The van der Waals surface area contributed by atoms with E-state index in [0.717, 1.165) is 10.6 Å². The normalized spacial score (nSPS) is 10.7. The minimum Gasteiger partial charge on any atom is -0.477 e. The van der Waals surface area contributed by atoms with Gasteiger partial charge in [0.05, 0.1) is 10.7 Å². The second-order valence-electron chi connectivity index (χ2n) is 4.30. The first-order valence-electron chi connectivity index (χ1n) is 5.98. The molecule has 100 valence electrons. The van der Waals surface area contributed by atoms with Gasteiger partial charge in [-0.3, -0.25) is 0 Å². The Balaban J connectivity index is 2.28. The highest BCUT2D eigenvalue weighted by Crippen LogP contribution is 2.22. The SMILES string of the molecule is CCc1nc(Cc2ccc(F)c(C)c2)sc1C(=O)O. The van der Waals surface area contributed by atoms with Gasteiger partial charge in [0, 0.05) is 6.42 Å². The summed E-state index contributed by atoms with van der Waals surface area (Å²) in [6, 6.07) is 4.90. The number of rotatable bonds is 4. The number of carboxylic acids is 1. The molecular formula is C14H14FNO2S. The molecule has 1 aromatic carbocycles. The van der Waals surface area contributed by atoms with Crippen molar-refractivity contribution in [2.75, 3.05) is 0 Å². The smallest absolute Gasteiger partial charge is 0.347 e. The van der Waals surface area contributed by atoms with Crippen LogP contribution in [0.2, 0.25) is 0 Å². The quantitative estimate of drug-likeness (QED) is 0.932. The maximum atomic E-state index is 13.2. The molecule has 0 saturated carbocycles. The van der Waals surface area contributed by atoms with Crippen LogP contribution >= 0.6 is 11.3 Å². The number of aromatic nitrogens is 1. The summed E-state index contributed by atoms with van der Waals surface area (Å²) in [5.74, 6) is -1.17. The molecule has 0 unspecified atom stereocenters. The molecule has 0 aliphatic heterocycles. The lowest BCUT2D eigenvalue weighted by Crippen LogP contribution is -1.97. The van der Waals surface area contributed by atoms with Crippen LogP contribution in [0.1, 0.15) is 38.4 Å². The molecule has 0 saturated heterocycles. The first kappa shape index (κ1) is 13.7. The van der Waals surface area contributed by atoms with Gasteiger partial charge in [0.25, 0.3) is 0 Å². The molecule has 1 N–H and O–H groups in total. The highest BCUT2D eigenvalue weighted by atomic mass is 32.1. The summed E-state index contributed by atoms with van der Waals surface area (Å²) in [6.45, 7) is 3.59. The standard InChI is InChI=1S/C14H14FNO2S/c1-3-11-13(14(17)18)19-12(16-11)7-9-4-5-10(15)8(2)6-9/h4-6H,3,7H2,1-2H3,(H,17,18). The molecule has 2 rings (SSSR count). The van der Waals surface area contributed by atoms with E-state index in [0.29, 0.717) is 29.0 Å². The van der Waals surface area contributed by atoms with Crippen molar-refractivity contribution < 1.29 is 14.3 Å².